The van der Waals surface area contributed by atoms with Crippen LogP contribution in [0.3, 0.4) is 0 Å². The van der Waals surface area contributed by atoms with E-state index in [0.29, 0.717) is 12.1 Å². The van der Waals surface area contributed by atoms with Crippen LogP contribution in [0, 0.1) is 5.92 Å². The van der Waals surface area contributed by atoms with E-state index in [4.69, 9.17) is 4.74 Å². The Morgan fingerprint density at radius 2 is 1.96 bits per heavy atom. The van der Waals surface area contributed by atoms with Crippen molar-refractivity contribution in [2.24, 2.45) is 13.0 Å². The van der Waals surface area contributed by atoms with Gasteiger partial charge in [0.2, 0.25) is 0 Å². The summed E-state index contributed by atoms with van der Waals surface area (Å²) in [5.41, 5.74) is 1.46. The third kappa shape index (κ3) is 4.18. The normalized spacial score (nSPS) is 13.2. The van der Waals surface area contributed by atoms with Crippen LogP contribution >= 0.6 is 0 Å². The van der Waals surface area contributed by atoms with Gasteiger partial charge in [-0.1, -0.05) is 30.3 Å². The molecular weight excluding hydrogens is 294 g/mol. The number of benzene rings is 1. The van der Waals surface area contributed by atoms with E-state index in [9.17, 15) is 9.59 Å². The van der Waals surface area contributed by atoms with Crippen LogP contribution in [-0.4, -0.2) is 34.8 Å². The second kappa shape index (κ2) is 7.58. The number of hydrogen-bond acceptors (Lipinski definition) is 4. The lowest BCUT2D eigenvalue weighted by Crippen LogP contribution is -2.43. The second-order valence-electron chi connectivity index (χ2n) is 5.42. The molecule has 0 saturated heterocycles. The van der Waals surface area contributed by atoms with E-state index in [1.165, 1.54) is 11.8 Å². The monoisotopic (exact) mass is 315 g/mol. The molecule has 0 aliphatic heterocycles. The molecule has 122 valence electrons. The summed E-state index contributed by atoms with van der Waals surface area (Å²) in [6.07, 6.45) is 2.06. The molecule has 6 nitrogen and oxygen atoms in total. The average molecular weight is 315 g/mol. The average Bonchev–Trinajstić information content (AvgIpc) is 2.99. The van der Waals surface area contributed by atoms with Crippen LogP contribution in [0.4, 0.5) is 0 Å². The lowest BCUT2D eigenvalue weighted by atomic mass is 9.93. The van der Waals surface area contributed by atoms with Crippen molar-refractivity contribution in [3.63, 3.8) is 0 Å². The Hall–Kier alpha value is -2.63. The van der Waals surface area contributed by atoms with Gasteiger partial charge in [-0.3, -0.25) is 14.3 Å². The Bertz CT molecular complexity index is 667. The first-order valence-corrected chi connectivity index (χ1v) is 7.43. The van der Waals surface area contributed by atoms with Crippen molar-refractivity contribution >= 4 is 11.9 Å². The molecule has 1 heterocycles. The lowest BCUT2D eigenvalue weighted by Gasteiger charge is -2.23. The number of carbonyl (C=O) groups is 2. The van der Waals surface area contributed by atoms with Crippen molar-refractivity contribution in [2.75, 3.05) is 7.11 Å². The van der Waals surface area contributed by atoms with Crippen LogP contribution in [-0.2, 0) is 23.0 Å². The number of carbonyl (C=O) groups excluding carboxylic acids is 2. The Labute approximate surface area is 135 Å². The van der Waals surface area contributed by atoms with Crippen molar-refractivity contribution in [3.8, 4) is 0 Å². The van der Waals surface area contributed by atoms with E-state index in [1.54, 1.807) is 26.2 Å². The SMILES string of the molecule is COC(=O)C(Cc1ccccc1)C(C)NC(=O)c1ccnn1C. The number of aryl methyl sites for hydroxylation is 1. The Morgan fingerprint density at radius 3 is 2.52 bits per heavy atom. The van der Waals surface area contributed by atoms with Gasteiger partial charge in [0.05, 0.1) is 13.0 Å². The standard InChI is InChI=1S/C17H21N3O3/c1-12(19-16(21)15-9-10-18-20(15)2)14(17(22)23-3)11-13-7-5-4-6-8-13/h4-10,12,14H,11H2,1-3H3,(H,19,21). The third-order valence-electron chi connectivity index (χ3n) is 3.82. The first kappa shape index (κ1) is 16.7. The largest absolute Gasteiger partial charge is 0.469 e. The van der Waals surface area contributed by atoms with Crippen LogP contribution in [0.15, 0.2) is 42.6 Å². The van der Waals surface area contributed by atoms with Gasteiger partial charge in [-0.2, -0.15) is 5.10 Å². The van der Waals surface area contributed by atoms with Crippen LogP contribution in [0.1, 0.15) is 23.0 Å². The molecule has 0 fully saturated rings. The summed E-state index contributed by atoms with van der Waals surface area (Å²) in [6, 6.07) is 10.9. The zero-order chi connectivity index (χ0) is 16.8. The van der Waals surface area contributed by atoms with E-state index in [1.807, 2.05) is 30.3 Å². The van der Waals surface area contributed by atoms with Gasteiger partial charge < -0.3 is 10.1 Å². The number of ether oxygens (including phenoxy) is 1. The predicted octanol–water partition coefficient (Wildman–Crippen LogP) is 1.57. The molecule has 1 aromatic carbocycles. The van der Waals surface area contributed by atoms with Gasteiger partial charge in [0.15, 0.2) is 0 Å². The van der Waals surface area contributed by atoms with Crippen LogP contribution in [0.5, 0.6) is 0 Å². The smallest absolute Gasteiger partial charge is 0.311 e. The predicted molar refractivity (Wildman–Crippen MR) is 85.8 cm³/mol. The van der Waals surface area contributed by atoms with Gasteiger partial charge in [-0.15, -0.1) is 0 Å². The molecule has 1 N–H and O–H groups in total. The summed E-state index contributed by atoms with van der Waals surface area (Å²) in [5, 5.41) is 6.83. The highest BCUT2D eigenvalue weighted by Gasteiger charge is 2.28. The fraction of sp³-hybridized carbons (Fsp3) is 0.353. The van der Waals surface area contributed by atoms with E-state index < -0.39 is 5.92 Å². The first-order chi connectivity index (χ1) is 11.0. The van der Waals surface area contributed by atoms with E-state index in [2.05, 4.69) is 10.4 Å². The number of amides is 1. The number of hydrogen-bond donors (Lipinski definition) is 1. The molecule has 2 unspecified atom stereocenters. The van der Waals surface area contributed by atoms with Crippen molar-refractivity contribution in [1.82, 2.24) is 15.1 Å². The second-order valence-corrected chi connectivity index (χ2v) is 5.42. The molecule has 0 saturated carbocycles. The van der Waals surface area contributed by atoms with Crippen LogP contribution < -0.4 is 5.32 Å². The molecule has 6 heteroatoms. The van der Waals surface area contributed by atoms with Gasteiger partial charge in [0, 0.05) is 19.3 Å². The maximum atomic E-state index is 12.3. The van der Waals surface area contributed by atoms with Crippen LogP contribution in [0.2, 0.25) is 0 Å². The number of nitrogens with one attached hydrogen (secondary N) is 1. The highest BCUT2D eigenvalue weighted by atomic mass is 16.5. The quantitative estimate of drug-likeness (QED) is 0.821. The Balaban J connectivity index is 2.10. The first-order valence-electron chi connectivity index (χ1n) is 7.43. The molecule has 0 aliphatic carbocycles. The van der Waals surface area contributed by atoms with Crippen molar-refractivity contribution in [2.45, 2.75) is 19.4 Å². The van der Waals surface area contributed by atoms with E-state index in [0.717, 1.165) is 5.56 Å². The summed E-state index contributed by atoms with van der Waals surface area (Å²) in [4.78, 5) is 24.4. The molecular formula is C17H21N3O3. The number of esters is 1. The van der Waals surface area contributed by atoms with E-state index >= 15 is 0 Å². The van der Waals surface area contributed by atoms with Crippen molar-refractivity contribution in [3.05, 3.63) is 53.9 Å². The molecule has 0 spiro atoms. The molecule has 2 aromatic rings. The molecule has 0 aliphatic rings. The lowest BCUT2D eigenvalue weighted by molar-refractivity contribution is -0.146. The van der Waals surface area contributed by atoms with Gasteiger partial charge in [0.25, 0.3) is 5.91 Å². The number of rotatable bonds is 6. The van der Waals surface area contributed by atoms with Gasteiger partial charge in [-0.25, -0.2) is 0 Å². The zero-order valence-corrected chi connectivity index (χ0v) is 13.5. The summed E-state index contributed by atoms with van der Waals surface area (Å²) < 4.78 is 6.39. The molecule has 23 heavy (non-hydrogen) atoms. The topological polar surface area (TPSA) is 73.2 Å². The number of aromatic nitrogens is 2. The molecule has 1 amide bonds. The Kier molecular flexibility index (Phi) is 5.51. The number of nitrogens with zero attached hydrogens (tertiary/aromatic N) is 2. The van der Waals surface area contributed by atoms with Crippen molar-refractivity contribution < 1.29 is 14.3 Å². The fourth-order valence-electron chi connectivity index (χ4n) is 2.46. The Morgan fingerprint density at radius 1 is 1.26 bits per heavy atom. The minimum Gasteiger partial charge on any atom is -0.469 e. The summed E-state index contributed by atoms with van der Waals surface area (Å²) in [7, 11) is 3.05. The highest BCUT2D eigenvalue weighted by Crippen LogP contribution is 2.15. The summed E-state index contributed by atoms with van der Waals surface area (Å²) in [6.45, 7) is 1.80. The van der Waals surface area contributed by atoms with E-state index in [-0.39, 0.29) is 17.9 Å². The third-order valence-corrected chi connectivity index (χ3v) is 3.82. The minimum absolute atomic E-state index is 0.264. The number of methoxy groups -OCH3 is 1. The molecule has 0 radical (unpaired) electrons. The maximum Gasteiger partial charge on any atom is 0.311 e. The van der Waals surface area contributed by atoms with Crippen LogP contribution in [0.25, 0.3) is 0 Å². The summed E-state index contributed by atoms with van der Waals surface area (Å²) in [5.74, 6) is -1.06. The van der Waals surface area contributed by atoms with Gasteiger partial charge in [0.1, 0.15) is 5.69 Å². The van der Waals surface area contributed by atoms with Gasteiger partial charge >= 0.3 is 5.97 Å². The molecule has 0 bridgehead atoms. The van der Waals surface area contributed by atoms with Gasteiger partial charge in [-0.05, 0) is 25.0 Å². The molecule has 2 atom stereocenters. The molecule has 1 aromatic heterocycles. The minimum atomic E-state index is -0.459. The maximum absolute atomic E-state index is 12.3. The highest BCUT2D eigenvalue weighted by molar-refractivity contribution is 5.93. The fourth-order valence-corrected chi connectivity index (χ4v) is 2.46. The van der Waals surface area contributed by atoms with Crippen molar-refractivity contribution in [1.29, 1.82) is 0 Å². The zero-order valence-electron chi connectivity index (χ0n) is 13.5. The summed E-state index contributed by atoms with van der Waals surface area (Å²) >= 11 is 0. The molecule has 2 rings (SSSR count).